The Morgan fingerprint density at radius 3 is 2.63 bits per heavy atom. The van der Waals surface area contributed by atoms with Gasteiger partial charge in [-0.25, -0.2) is 4.39 Å². The number of carbonyl (C=O) groups excluding carboxylic acids is 3. The fraction of sp³-hybridized carbons (Fsp3) is 0.531. The summed E-state index contributed by atoms with van der Waals surface area (Å²) in [7, 11) is 0. The summed E-state index contributed by atoms with van der Waals surface area (Å²) < 4.78 is 21.6. The molecule has 1 aliphatic carbocycles. The molecule has 5 N–H and O–H groups in total. The van der Waals surface area contributed by atoms with E-state index in [9.17, 15) is 14.4 Å². The number of rotatable bonds is 6. The number of carbonyl (C=O) groups is 3. The summed E-state index contributed by atoms with van der Waals surface area (Å²) in [5, 5.41) is 9.94. The Hall–Kier alpha value is -2.72. The van der Waals surface area contributed by atoms with Crippen molar-refractivity contribution >= 4 is 46.7 Å². The number of fused-ring (bicyclic) bond motifs is 2. The van der Waals surface area contributed by atoms with E-state index in [2.05, 4.69) is 36.7 Å². The van der Waals surface area contributed by atoms with Gasteiger partial charge in [-0.3, -0.25) is 14.4 Å². The minimum Gasteiger partial charge on any atom is -0.458 e. The van der Waals surface area contributed by atoms with E-state index >= 15 is 4.39 Å². The molecule has 2 fully saturated rings. The molecule has 0 unspecified atom stereocenters. The van der Waals surface area contributed by atoms with Gasteiger partial charge in [0.2, 0.25) is 11.8 Å². The van der Waals surface area contributed by atoms with Gasteiger partial charge in [-0.15, -0.1) is 0 Å². The summed E-state index contributed by atoms with van der Waals surface area (Å²) in [4.78, 5) is 40.7. The van der Waals surface area contributed by atoms with Crippen LogP contribution in [0, 0.1) is 11.2 Å². The van der Waals surface area contributed by atoms with E-state index in [1.807, 2.05) is 6.92 Å². The summed E-state index contributed by atoms with van der Waals surface area (Å²) >= 11 is 12.6. The van der Waals surface area contributed by atoms with E-state index in [0.717, 1.165) is 0 Å². The first-order valence-corrected chi connectivity index (χ1v) is 15.4. The Morgan fingerprint density at radius 1 is 1.23 bits per heavy atom. The Balaban J connectivity index is 1.57. The monoisotopic (exact) mass is 632 g/mol. The lowest BCUT2D eigenvalue weighted by Crippen LogP contribution is -2.49. The largest absolute Gasteiger partial charge is 0.458 e. The summed E-state index contributed by atoms with van der Waals surface area (Å²) in [5.74, 6) is -2.81. The van der Waals surface area contributed by atoms with Crippen LogP contribution in [0.4, 0.5) is 10.1 Å². The van der Waals surface area contributed by atoms with Gasteiger partial charge in [0.15, 0.2) is 0 Å². The number of amides is 2. The van der Waals surface area contributed by atoms with E-state index in [-0.39, 0.29) is 33.9 Å². The molecule has 8 nitrogen and oxygen atoms in total. The summed E-state index contributed by atoms with van der Waals surface area (Å²) in [6, 6.07) is 7.28. The normalized spacial score (nSPS) is 30.7. The Bertz CT molecular complexity index is 1460. The maximum Gasteiger partial charge on any atom is 0.323 e. The molecule has 2 aliphatic heterocycles. The van der Waals surface area contributed by atoms with Crippen molar-refractivity contribution in [2.24, 2.45) is 11.1 Å². The second kappa shape index (κ2) is 11.3. The lowest BCUT2D eigenvalue weighted by atomic mass is 9.62. The first-order chi connectivity index (χ1) is 20.1. The highest BCUT2D eigenvalue weighted by atomic mass is 35.5. The standard InChI is InChI=1S/C32H39Cl2FN4O4/c1-16(36)28(41)43-31(5)12-11-18(14-31)37-27(40)26-24(19-7-6-8-21(34)25(19)35)32(23(39-26)15-30(2,3)4)20-10-9-17(33)13-22(20)38-29(32)42/h6-10,13,16,18,23-24,26,39H,11-12,14-15,36H2,1-5H3,(H,37,40)(H,38,42)/t16-,18+,23-,24+,26-,31-,32+/m1/s1. The van der Waals surface area contributed by atoms with Crippen LogP contribution < -0.4 is 21.7 Å². The number of halogens is 3. The fourth-order valence-electron chi connectivity index (χ4n) is 7.20. The molecule has 1 saturated carbocycles. The molecule has 11 heteroatoms. The maximum absolute atomic E-state index is 15.9. The van der Waals surface area contributed by atoms with Gasteiger partial charge in [-0.05, 0) is 67.9 Å². The summed E-state index contributed by atoms with van der Waals surface area (Å²) in [6.07, 6.45) is 2.04. The smallest absolute Gasteiger partial charge is 0.323 e. The van der Waals surface area contributed by atoms with Crippen LogP contribution >= 0.6 is 23.2 Å². The first kappa shape index (κ1) is 31.7. The van der Waals surface area contributed by atoms with Gasteiger partial charge in [-0.1, -0.05) is 62.2 Å². The average molecular weight is 634 g/mol. The third-order valence-corrected chi connectivity index (χ3v) is 9.51. The van der Waals surface area contributed by atoms with E-state index in [1.165, 1.54) is 6.07 Å². The van der Waals surface area contributed by atoms with Crippen LogP contribution in [0.1, 0.15) is 77.3 Å². The molecule has 2 heterocycles. The van der Waals surface area contributed by atoms with E-state index < -0.39 is 46.8 Å². The molecule has 3 aliphatic rings. The van der Waals surface area contributed by atoms with E-state index in [4.69, 9.17) is 33.7 Å². The quantitative estimate of drug-likeness (QED) is 0.325. The van der Waals surface area contributed by atoms with Crippen LogP contribution in [-0.2, 0) is 24.5 Å². The molecule has 0 aromatic heterocycles. The second-order valence-electron chi connectivity index (χ2n) is 13.7. The number of nitrogens with two attached hydrogens (primary N) is 1. The van der Waals surface area contributed by atoms with E-state index in [1.54, 1.807) is 37.3 Å². The number of esters is 1. The number of anilines is 1. The van der Waals surface area contributed by atoms with Gasteiger partial charge in [0, 0.05) is 35.1 Å². The van der Waals surface area contributed by atoms with Gasteiger partial charge in [0.05, 0.1) is 11.1 Å². The van der Waals surface area contributed by atoms with Crippen LogP contribution in [0.25, 0.3) is 0 Å². The zero-order chi connectivity index (χ0) is 31.5. The predicted molar refractivity (Wildman–Crippen MR) is 165 cm³/mol. The molecule has 2 amide bonds. The topological polar surface area (TPSA) is 123 Å². The van der Waals surface area contributed by atoms with Crippen LogP contribution in [0.5, 0.6) is 0 Å². The minimum atomic E-state index is -1.34. The summed E-state index contributed by atoms with van der Waals surface area (Å²) in [5.41, 5.74) is 4.71. The van der Waals surface area contributed by atoms with Gasteiger partial charge >= 0.3 is 5.97 Å². The van der Waals surface area contributed by atoms with Crippen molar-refractivity contribution < 1.29 is 23.5 Å². The van der Waals surface area contributed by atoms with Crippen molar-refractivity contribution in [2.75, 3.05) is 5.32 Å². The second-order valence-corrected chi connectivity index (χ2v) is 14.5. The van der Waals surface area contributed by atoms with Crippen LogP contribution in [0.15, 0.2) is 36.4 Å². The molecule has 1 saturated heterocycles. The third-order valence-electron chi connectivity index (χ3n) is 8.99. The van der Waals surface area contributed by atoms with Gasteiger partial charge in [0.1, 0.15) is 22.9 Å². The predicted octanol–water partition coefficient (Wildman–Crippen LogP) is 5.20. The highest BCUT2D eigenvalue weighted by Crippen LogP contribution is 2.57. The molecule has 2 aromatic rings. The number of benzene rings is 2. The molecule has 5 rings (SSSR count). The zero-order valence-electron chi connectivity index (χ0n) is 25.0. The number of ether oxygens (including phenoxy) is 1. The lowest BCUT2D eigenvalue weighted by Gasteiger charge is -2.37. The Kier molecular flexibility index (Phi) is 8.35. The third kappa shape index (κ3) is 5.77. The molecule has 43 heavy (non-hydrogen) atoms. The Morgan fingerprint density at radius 2 is 1.95 bits per heavy atom. The highest BCUT2D eigenvalue weighted by molar-refractivity contribution is 6.31. The van der Waals surface area contributed by atoms with Gasteiger partial charge in [-0.2, -0.15) is 0 Å². The van der Waals surface area contributed by atoms with Crippen molar-refractivity contribution in [3.63, 3.8) is 0 Å². The lowest BCUT2D eigenvalue weighted by molar-refractivity contribution is -0.158. The molecule has 1 spiro atoms. The summed E-state index contributed by atoms with van der Waals surface area (Å²) in [6.45, 7) is 9.57. The first-order valence-electron chi connectivity index (χ1n) is 14.7. The average Bonchev–Trinajstić information content (AvgIpc) is 3.52. The maximum atomic E-state index is 15.9. The van der Waals surface area contributed by atoms with Crippen LogP contribution in [0.2, 0.25) is 10.0 Å². The number of hydrogen-bond acceptors (Lipinski definition) is 6. The van der Waals surface area contributed by atoms with Crippen molar-refractivity contribution in [1.82, 2.24) is 10.6 Å². The van der Waals surface area contributed by atoms with Crippen LogP contribution in [0.3, 0.4) is 0 Å². The molecular formula is C32H39Cl2FN4O4. The van der Waals surface area contributed by atoms with Gasteiger partial charge in [0.25, 0.3) is 0 Å². The van der Waals surface area contributed by atoms with Crippen molar-refractivity contribution in [3.8, 4) is 0 Å². The fourth-order valence-corrected chi connectivity index (χ4v) is 7.55. The molecule has 7 atom stereocenters. The molecule has 232 valence electrons. The molecule has 0 radical (unpaired) electrons. The Labute approximate surface area is 261 Å². The van der Waals surface area contributed by atoms with Crippen molar-refractivity contribution in [1.29, 1.82) is 0 Å². The van der Waals surface area contributed by atoms with E-state index in [0.29, 0.717) is 42.0 Å². The van der Waals surface area contributed by atoms with Crippen LogP contribution in [-0.4, -0.2) is 47.6 Å². The SMILES string of the molecule is C[C@@H](N)C(=O)O[C@]1(C)CC[C@H](NC(=O)[C@@H]2N[C@H](CC(C)(C)C)[C@]3(C(=O)Nc4cc(Cl)ccc43)[C@H]2c2cccc(Cl)c2F)C1. The van der Waals surface area contributed by atoms with Gasteiger partial charge < -0.3 is 26.4 Å². The zero-order valence-corrected chi connectivity index (χ0v) is 26.5. The number of hydrogen-bond donors (Lipinski definition) is 4. The minimum absolute atomic E-state index is 0.0941. The highest BCUT2D eigenvalue weighted by Gasteiger charge is 2.66. The molecule has 2 aromatic carbocycles. The molecular weight excluding hydrogens is 594 g/mol. The van der Waals surface area contributed by atoms with Crippen molar-refractivity contribution in [2.45, 2.75) is 101 Å². The van der Waals surface area contributed by atoms with Crippen molar-refractivity contribution in [3.05, 3.63) is 63.4 Å². The molecule has 0 bridgehead atoms. The number of nitrogens with one attached hydrogen (secondary N) is 3.